The van der Waals surface area contributed by atoms with E-state index in [1.165, 1.54) is 13.2 Å². The normalized spacial score (nSPS) is 10.9. The molecule has 0 spiro atoms. The Labute approximate surface area is 97.9 Å². The van der Waals surface area contributed by atoms with Gasteiger partial charge in [0.05, 0.1) is 7.11 Å². The molecule has 0 aliphatic rings. The summed E-state index contributed by atoms with van der Waals surface area (Å²) in [6.45, 7) is 0. The first kappa shape index (κ1) is 11.1. The number of nitrogens with one attached hydrogen (secondary N) is 1. The van der Waals surface area contributed by atoms with Crippen LogP contribution in [0.25, 0.3) is 17.0 Å². The van der Waals surface area contributed by atoms with Crippen LogP contribution in [0.15, 0.2) is 30.5 Å². The molecule has 4 heteroatoms. The summed E-state index contributed by atoms with van der Waals surface area (Å²) in [7, 11) is 1.32. The van der Waals surface area contributed by atoms with Crippen LogP contribution in [0, 0.1) is 0 Å². The van der Waals surface area contributed by atoms with Crippen LogP contribution in [0.1, 0.15) is 15.9 Å². The van der Waals surface area contributed by atoms with Crippen LogP contribution in [-0.4, -0.2) is 24.3 Å². The molecule has 0 bridgehead atoms. The molecule has 0 aliphatic carbocycles. The lowest BCUT2D eigenvalue weighted by Crippen LogP contribution is -1.93. The SMILES string of the molecule is COC(=O)/C=C/c1cccc2[nH]cc(C=O)c12. The second kappa shape index (κ2) is 4.65. The molecule has 0 atom stereocenters. The molecule has 1 heterocycles. The highest BCUT2D eigenvalue weighted by Gasteiger charge is 2.05. The summed E-state index contributed by atoms with van der Waals surface area (Å²) >= 11 is 0. The Hall–Kier alpha value is -2.36. The van der Waals surface area contributed by atoms with Gasteiger partial charge in [0.15, 0.2) is 6.29 Å². The summed E-state index contributed by atoms with van der Waals surface area (Å²) in [5.41, 5.74) is 2.24. The Balaban J connectivity index is 2.53. The van der Waals surface area contributed by atoms with Gasteiger partial charge in [0.25, 0.3) is 0 Å². The van der Waals surface area contributed by atoms with Gasteiger partial charge in [-0.15, -0.1) is 0 Å². The van der Waals surface area contributed by atoms with Gasteiger partial charge < -0.3 is 9.72 Å². The van der Waals surface area contributed by atoms with Crippen molar-refractivity contribution in [3.8, 4) is 0 Å². The molecule has 0 radical (unpaired) electrons. The Bertz CT molecular complexity index is 596. The number of fused-ring (bicyclic) bond motifs is 1. The number of carbonyl (C=O) groups is 2. The highest BCUT2D eigenvalue weighted by Crippen LogP contribution is 2.22. The van der Waals surface area contributed by atoms with E-state index in [2.05, 4.69) is 9.72 Å². The fraction of sp³-hybridized carbons (Fsp3) is 0.0769. The first-order valence-corrected chi connectivity index (χ1v) is 5.07. The third kappa shape index (κ3) is 2.10. The number of methoxy groups -OCH3 is 1. The van der Waals surface area contributed by atoms with Gasteiger partial charge in [-0.2, -0.15) is 0 Å². The first-order chi connectivity index (χ1) is 8.26. The van der Waals surface area contributed by atoms with E-state index in [9.17, 15) is 9.59 Å². The Kier molecular flexibility index (Phi) is 3.05. The largest absolute Gasteiger partial charge is 0.466 e. The maximum absolute atomic E-state index is 11.0. The maximum atomic E-state index is 11.0. The van der Waals surface area contributed by atoms with E-state index in [0.717, 1.165) is 22.8 Å². The lowest BCUT2D eigenvalue weighted by Gasteiger charge is -1.98. The summed E-state index contributed by atoms with van der Waals surface area (Å²) < 4.78 is 4.52. The molecule has 0 unspecified atom stereocenters. The van der Waals surface area contributed by atoms with Crippen LogP contribution in [0.4, 0.5) is 0 Å². The average molecular weight is 229 g/mol. The van der Waals surface area contributed by atoms with Crippen molar-refractivity contribution < 1.29 is 14.3 Å². The number of aromatic nitrogens is 1. The monoisotopic (exact) mass is 229 g/mol. The van der Waals surface area contributed by atoms with Crippen molar-refractivity contribution in [1.29, 1.82) is 0 Å². The number of benzene rings is 1. The maximum Gasteiger partial charge on any atom is 0.330 e. The molecule has 1 aromatic heterocycles. The van der Waals surface area contributed by atoms with Crippen molar-refractivity contribution in [3.05, 3.63) is 41.6 Å². The van der Waals surface area contributed by atoms with Gasteiger partial charge in [0, 0.05) is 28.7 Å². The van der Waals surface area contributed by atoms with Gasteiger partial charge >= 0.3 is 5.97 Å². The van der Waals surface area contributed by atoms with Crippen LogP contribution in [0.3, 0.4) is 0 Å². The minimum atomic E-state index is -0.426. The molecule has 2 rings (SSSR count). The molecule has 86 valence electrons. The van der Waals surface area contributed by atoms with Crippen LogP contribution >= 0.6 is 0 Å². The van der Waals surface area contributed by atoms with Crippen molar-refractivity contribution in [2.45, 2.75) is 0 Å². The lowest BCUT2D eigenvalue weighted by atomic mass is 10.1. The fourth-order valence-electron chi connectivity index (χ4n) is 1.70. The molecular formula is C13H11NO3. The second-order valence-electron chi connectivity index (χ2n) is 3.49. The van der Waals surface area contributed by atoms with Crippen molar-refractivity contribution >= 4 is 29.2 Å². The van der Waals surface area contributed by atoms with E-state index in [4.69, 9.17) is 0 Å². The number of hydrogen-bond acceptors (Lipinski definition) is 3. The zero-order valence-electron chi connectivity index (χ0n) is 9.27. The molecule has 0 aliphatic heterocycles. The minimum Gasteiger partial charge on any atom is -0.466 e. The average Bonchev–Trinajstić information content (AvgIpc) is 2.79. The van der Waals surface area contributed by atoms with Crippen molar-refractivity contribution in [3.63, 3.8) is 0 Å². The number of esters is 1. The molecule has 17 heavy (non-hydrogen) atoms. The summed E-state index contributed by atoms with van der Waals surface area (Å²) in [6.07, 6.45) is 5.40. The Morgan fingerprint density at radius 2 is 2.18 bits per heavy atom. The highest BCUT2D eigenvalue weighted by atomic mass is 16.5. The molecular weight excluding hydrogens is 218 g/mol. The number of rotatable bonds is 3. The Morgan fingerprint density at radius 3 is 2.88 bits per heavy atom. The van der Waals surface area contributed by atoms with E-state index in [0.29, 0.717) is 5.56 Å². The van der Waals surface area contributed by atoms with Gasteiger partial charge in [-0.3, -0.25) is 4.79 Å². The number of aromatic amines is 1. The van der Waals surface area contributed by atoms with Gasteiger partial charge in [-0.25, -0.2) is 4.79 Å². The van der Waals surface area contributed by atoms with Crippen LogP contribution in [0.2, 0.25) is 0 Å². The summed E-state index contributed by atoms with van der Waals surface area (Å²) in [4.78, 5) is 24.9. The molecule has 0 amide bonds. The van der Waals surface area contributed by atoms with Crippen LogP contribution in [-0.2, 0) is 9.53 Å². The van der Waals surface area contributed by atoms with Crippen molar-refractivity contribution in [2.24, 2.45) is 0 Å². The highest BCUT2D eigenvalue weighted by molar-refractivity contribution is 6.03. The van der Waals surface area contributed by atoms with Gasteiger partial charge in [-0.05, 0) is 17.7 Å². The number of H-pyrrole nitrogens is 1. The summed E-state index contributed by atoms with van der Waals surface area (Å²) in [6, 6.07) is 5.56. The molecule has 2 aromatic rings. The number of aldehydes is 1. The summed E-state index contributed by atoms with van der Waals surface area (Å²) in [5, 5.41) is 0.808. The van der Waals surface area contributed by atoms with Crippen molar-refractivity contribution in [2.75, 3.05) is 7.11 Å². The second-order valence-corrected chi connectivity index (χ2v) is 3.49. The topological polar surface area (TPSA) is 59.2 Å². The smallest absolute Gasteiger partial charge is 0.330 e. The molecule has 1 aromatic carbocycles. The number of hydrogen-bond donors (Lipinski definition) is 1. The van der Waals surface area contributed by atoms with Crippen LogP contribution in [0.5, 0.6) is 0 Å². The minimum absolute atomic E-state index is 0.426. The number of carbonyl (C=O) groups excluding carboxylic acids is 2. The van der Waals surface area contributed by atoms with E-state index < -0.39 is 5.97 Å². The van der Waals surface area contributed by atoms with Gasteiger partial charge in [-0.1, -0.05) is 12.1 Å². The molecule has 0 saturated carbocycles. The molecule has 1 N–H and O–H groups in total. The predicted octanol–water partition coefficient (Wildman–Crippen LogP) is 2.17. The van der Waals surface area contributed by atoms with E-state index in [-0.39, 0.29) is 0 Å². The van der Waals surface area contributed by atoms with Crippen LogP contribution < -0.4 is 0 Å². The standard InChI is InChI=1S/C13H11NO3/c1-17-12(16)6-5-9-3-2-4-11-13(9)10(8-15)7-14-11/h2-8,14H,1H3/b6-5+. The van der Waals surface area contributed by atoms with E-state index in [1.54, 1.807) is 12.3 Å². The van der Waals surface area contributed by atoms with Crippen molar-refractivity contribution in [1.82, 2.24) is 4.98 Å². The molecule has 4 nitrogen and oxygen atoms in total. The van der Waals surface area contributed by atoms with E-state index in [1.807, 2.05) is 18.2 Å². The van der Waals surface area contributed by atoms with E-state index >= 15 is 0 Å². The molecule has 0 saturated heterocycles. The third-order valence-electron chi connectivity index (χ3n) is 2.50. The Morgan fingerprint density at radius 1 is 1.35 bits per heavy atom. The van der Waals surface area contributed by atoms with Gasteiger partial charge in [0.1, 0.15) is 0 Å². The fourth-order valence-corrected chi connectivity index (χ4v) is 1.70. The quantitative estimate of drug-likeness (QED) is 0.498. The predicted molar refractivity (Wildman–Crippen MR) is 64.7 cm³/mol. The summed E-state index contributed by atoms with van der Waals surface area (Å²) in [5.74, 6) is -0.426. The zero-order valence-corrected chi connectivity index (χ0v) is 9.27. The van der Waals surface area contributed by atoms with Gasteiger partial charge in [0.2, 0.25) is 0 Å². The zero-order chi connectivity index (χ0) is 12.3. The lowest BCUT2D eigenvalue weighted by molar-refractivity contribution is -0.134. The number of ether oxygens (including phenoxy) is 1. The third-order valence-corrected chi connectivity index (χ3v) is 2.50. The molecule has 0 fully saturated rings. The first-order valence-electron chi connectivity index (χ1n) is 5.07.